The Kier molecular flexibility index (Phi) is 3.60. The van der Waals surface area contributed by atoms with Crippen LogP contribution in [0.2, 0.25) is 0 Å². The fraction of sp³-hybridized carbons (Fsp3) is 0.583. The van der Waals surface area contributed by atoms with Crippen molar-refractivity contribution in [2.75, 3.05) is 13.1 Å². The molecule has 0 saturated carbocycles. The van der Waals surface area contributed by atoms with E-state index in [1.54, 1.807) is 0 Å². The van der Waals surface area contributed by atoms with Crippen molar-refractivity contribution in [3.05, 3.63) is 30.1 Å². The third-order valence-corrected chi connectivity index (χ3v) is 3.63. The molecule has 1 aromatic heterocycles. The summed E-state index contributed by atoms with van der Waals surface area (Å²) in [5.74, 6) is 0.645. The van der Waals surface area contributed by atoms with Gasteiger partial charge in [-0.2, -0.15) is 0 Å². The highest BCUT2D eigenvalue weighted by Crippen LogP contribution is 2.22. The number of piperidine rings is 1. The van der Waals surface area contributed by atoms with E-state index in [9.17, 15) is 0 Å². The first-order chi connectivity index (χ1) is 7.25. The lowest BCUT2D eigenvalue weighted by atomic mass is 9.98. The molecule has 0 N–H and O–H groups in total. The molecule has 0 amide bonds. The molecule has 1 fully saturated rings. The molecule has 2 nitrogen and oxygen atoms in total. The number of pyridine rings is 1. The van der Waals surface area contributed by atoms with Gasteiger partial charge in [0.15, 0.2) is 0 Å². The summed E-state index contributed by atoms with van der Waals surface area (Å²) in [6.07, 6.45) is 3.04. The van der Waals surface area contributed by atoms with Gasteiger partial charge < -0.3 is 0 Å². The molecule has 0 spiro atoms. The second kappa shape index (κ2) is 4.95. The zero-order chi connectivity index (χ0) is 10.7. The average Bonchev–Trinajstić information content (AvgIpc) is 2.25. The summed E-state index contributed by atoms with van der Waals surface area (Å²) in [5, 5.41) is 0.294. The Morgan fingerprint density at radius 3 is 3.07 bits per heavy atom. The third-order valence-electron chi connectivity index (χ3n) is 3.06. The van der Waals surface area contributed by atoms with E-state index in [2.05, 4.69) is 22.9 Å². The van der Waals surface area contributed by atoms with Crippen LogP contribution in [-0.4, -0.2) is 28.4 Å². The van der Waals surface area contributed by atoms with E-state index >= 15 is 0 Å². The first-order valence-electron chi connectivity index (χ1n) is 5.52. The van der Waals surface area contributed by atoms with Crippen molar-refractivity contribution in [1.29, 1.82) is 0 Å². The molecule has 1 saturated heterocycles. The second-order valence-corrected chi connectivity index (χ2v) is 4.90. The van der Waals surface area contributed by atoms with E-state index in [0.717, 1.165) is 25.3 Å². The quantitative estimate of drug-likeness (QED) is 0.718. The summed E-state index contributed by atoms with van der Waals surface area (Å²) < 4.78 is 0. The number of halogens is 1. The highest BCUT2D eigenvalue weighted by atomic mass is 35.5. The Labute approximate surface area is 96.3 Å². The number of hydrogen-bond donors (Lipinski definition) is 0. The van der Waals surface area contributed by atoms with Gasteiger partial charge in [-0.1, -0.05) is 13.0 Å². The summed E-state index contributed by atoms with van der Waals surface area (Å²) in [6, 6.07) is 6.06. The number of hydrogen-bond acceptors (Lipinski definition) is 2. The second-order valence-electron chi connectivity index (χ2n) is 4.34. The Hall–Kier alpha value is -0.600. The molecule has 1 aromatic rings. The lowest BCUT2D eigenvalue weighted by Gasteiger charge is -2.33. The molecule has 3 heteroatoms. The van der Waals surface area contributed by atoms with Gasteiger partial charge in [0.2, 0.25) is 0 Å². The zero-order valence-corrected chi connectivity index (χ0v) is 9.82. The Balaban J connectivity index is 1.91. The smallest absolute Gasteiger partial charge is 0.0543 e. The van der Waals surface area contributed by atoms with E-state index in [1.165, 1.54) is 6.42 Å². The molecule has 2 rings (SSSR count). The first-order valence-corrected chi connectivity index (χ1v) is 5.95. The van der Waals surface area contributed by atoms with Gasteiger partial charge in [-0.3, -0.25) is 9.88 Å². The zero-order valence-electron chi connectivity index (χ0n) is 9.06. The molecular formula is C12H17ClN2. The summed E-state index contributed by atoms with van der Waals surface area (Å²) in [6.45, 7) is 5.28. The summed E-state index contributed by atoms with van der Waals surface area (Å²) in [4.78, 5) is 6.72. The highest BCUT2D eigenvalue weighted by Gasteiger charge is 2.24. The lowest BCUT2D eigenvalue weighted by Crippen LogP contribution is -2.39. The number of alkyl halides is 1. The van der Waals surface area contributed by atoms with E-state index in [0.29, 0.717) is 11.3 Å². The molecule has 2 heterocycles. The predicted molar refractivity (Wildman–Crippen MR) is 62.9 cm³/mol. The Morgan fingerprint density at radius 1 is 1.53 bits per heavy atom. The van der Waals surface area contributed by atoms with E-state index in [4.69, 9.17) is 11.6 Å². The molecule has 2 atom stereocenters. The van der Waals surface area contributed by atoms with Crippen LogP contribution in [0.5, 0.6) is 0 Å². The standard InChI is InChI=1S/C12H17ClN2/c1-10-5-7-15(9-12(10)13)8-11-4-2-3-6-14-11/h2-4,6,10,12H,5,7-9H2,1H3. The minimum atomic E-state index is 0.294. The van der Waals surface area contributed by atoms with Crippen molar-refractivity contribution in [1.82, 2.24) is 9.88 Å². The van der Waals surface area contributed by atoms with E-state index in [-0.39, 0.29) is 0 Å². The van der Waals surface area contributed by atoms with Crippen molar-refractivity contribution >= 4 is 11.6 Å². The van der Waals surface area contributed by atoms with E-state index < -0.39 is 0 Å². The van der Waals surface area contributed by atoms with Crippen LogP contribution in [-0.2, 0) is 6.54 Å². The molecule has 0 bridgehead atoms. The topological polar surface area (TPSA) is 16.1 Å². The fourth-order valence-corrected chi connectivity index (χ4v) is 2.27. The number of rotatable bonds is 2. The van der Waals surface area contributed by atoms with Gasteiger partial charge in [-0.15, -0.1) is 11.6 Å². The van der Waals surface area contributed by atoms with Gasteiger partial charge in [-0.25, -0.2) is 0 Å². The Bertz CT molecular complexity index is 302. The maximum atomic E-state index is 6.27. The largest absolute Gasteiger partial charge is 0.296 e. The molecule has 0 aliphatic carbocycles. The number of nitrogens with zero attached hydrogens (tertiary/aromatic N) is 2. The van der Waals surface area contributed by atoms with Crippen molar-refractivity contribution in [3.63, 3.8) is 0 Å². The number of likely N-dealkylation sites (tertiary alicyclic amines) is 1. The normalized spacial score (nSPS) is 27.9. The molecule has 1 aliphatic heterocycles. The summed E-state index contributed by atoms with van der Waals surface area (Å²) in [5.41, 5.74) is 1.14. The molecule has 82 valence electrons. The van der Waals surface area contributed by atoms with Crippen LogP contribution in [0, 0.1) is 5.92 Å². The van der Waals surface area contributed by atoms with Gasteiger partial charge in [-0.05, 0) is 31.0 Å². The minimum absolute atomic E-state index is 0.294. The molecule has 1 aliphatic rings. The van der Waals surface area contributed by atoms with Gasteiger partial charge in [0, 0.05) is 24.7 Å². The average molecular weight is 225 g/mol. The van der Waals surface area contributed by atoms with Crippen molar-refractivity contribution in [3.8, 4) is 0 Å². The van der Waals surface area contributed by atoms with Gasteiger partial charge in [0.1, 0.15) is 0 Å². The van der Waals surface area contributed by atoms with Crippen LogP contribution < -0.4 is 0 Å². The molecule has 0 radical (unpaired) electrons. The summed E-state index contributed by atoms with van der Waals surface area (Å²) in [7, 11) is 0. The predicted octanol–water partition coefficient (Wildman–Crippen LogP) is 2.53. The first kappa shape index (κ1) is 10.9. The molecule has 0 aromatic carbocycles. The van der Waals surface area contributed by atoms with Gasteiger partial charge >= 0.3 is 0 Å². The third kappa shape index (κ3) is 2.93. The van der Waals surface area contributed by atoms with Crippen molar-refractivity contribution in [2.24, 2.45) is 5.92 Å². The SMILES string of the molecule is CC1CCN(Cc2ccccn2)CC1Cl. The fourth-order valence-electron chi connectivity index (χ4n) is 1.95. The van der Waals surface area contributed by atoms with Gasteiger partial charge in [0.25, 0.3) is 0 Å². The van der Waals surface area contributed by atoms with Gasteiger partial charge in [0.05, 0.1) is 5.69 Å². The van der Waals surface area contributed by atoms with Crippen LogP contribution in [0.4, 0.5) is 0 Å². The van der Waals surface area contributed by atoms with Crippen molar-refractivity contribution in [2.45, 2.75) is 25.3 Å². The Morgan fingerprint density at radius 2 is 2.40 bits per heavy atom. The van der Waals surface area contributed by atoms with Crippen molar-refractivity contribution < 1.29 is 0 Å². The van der Waals surface area contributed by atoms with Crippen LogP contribution in [0.25, 0.3) is 0 Å². The maximum Gasteiger partial charge on any atom is 0.0543 e. The van der Waals surface area contributed by atoms with E-state index in [1.807, 2.05) is 18.3 Å². The number of aromatic nitrogens is 1. The van der Waals surface area contributed by atoms with Crippen LogP contribution >= 0.6 is 11.6 Å². The molecule has 2 unspecified atom stereocenters. The minimum Gasteiger partial charge on any atom is -0.296 e. The maximum absolute atomic E-state index is 6.27. The van der Waals surface area contributed by atoms with Crippen LogP contribution in [0.15, 0.2) is 24.4 Å². The lowest BCUT2D eigenvalue weighted by molar-refractivity contribution is 0.187. The monoisotopic (exact) mass is 224 g/mol. The molecule has 15 heavy (non-hydrogen) atoms. The highest BCUT2D eigenvalue weighted by molar-refractivity contribution is 6.21. The molecular weight excluding hydrogens is 208 g/mol. The van der Waals surface area contributed by atoms with Crippen LogP contribution in [0.3, 0.4) is 0 Å². The van der Waals surface area contributed by atoms with Crippen LogP contribution in [0.1, 0.15) is 19.0 Å². The summed E-state index contributed by atoms with van der Waals surface area (Å²) >= 11 is 6.27.